The third-order valence-corrected chi connectivity index (χ3v) is 7.63. The number of allylic oxidation sites excluding steroid dienone is 2. The molecule has 1 atom stereocenters. The van der Waals surface area contributed by atoms with Crippen molar-refractivity contribution in [1.82, 2.24) is 0 Å². The van der Waals surface area contributed by atoms with E-state index in [-0.39, 0.29) is 25.5 Å². The van der Waals surface area contributed by atoms with Crippen molar-refractivity contribution in [2.24, 2.45) is 5.41 Å². The van der Waals surface area contributed by atoms with Crippen LogP contribution < -0.4 is 0 Å². The van der Waals surface area contributed by atoms with Crippen molar-refractivity contribution in [1.29, 1.82) is 0 Å². The van der Waals surface area contributed by atoms with Crippen LogP contribution in [0.5, 0.6) is 0 Å². The second kappa shape index (κ2) is 4.50. The maximum absolute atomic E-state index is 6.43. The predicted octanol–water partition coefficient (Wildman–Crippen LogP) is 3.59. The van der Waals surface area contributed by atoms with E-state index in [2.05, 4.69) is 46.5 Å². The maximum atomic E-state index is 6.43. The Bertz CT molecular complexity index is 288. The molecule has 1 unspecified atom stereocenters. The van der Waals surface area contributed by atoms with E-state index in [1.54, 1.807) is 0 Å². The van der Waals surface area contributed by atoms with Crippen molar-refractivity contribution in [3.63, 3.8) is 0 Å². The Balaban J connectivity index is 3.00. The van der Waals surface area contributed by atoms with Crippen LogP contribution in [0, 0.1) is 5.41 Å². The molecular formula is C12H24GeO2Si. The van der Waals surface area contributed by atoms with Crippen molar-refractivity contribution in [2.75, 3.05) is 0 Å². The predicted molar refractivity (Wildman–Crippen MR) is 72.0 cm³/mol. The molecule has 0 aromatic heterocycles. The Hall–Kier alpha value is 0.260. The van der Waals surface area contributed by atoms with Crippen LogP contribution >= 0.6 is 0 Å². The molecule has 1 aliphatic rings. The van der Waals surface area contributed by atoms with Gasteiger partial charge in [0, 0.05) is 0 Å². The van der Waals surface area contributed by atoms with Crippen LogP contribution in [0.3, 0.4) is 0 Å². The fraction of sp³-hybridized carbons (Fsp3) is 0.833. The summed E-state index contributed by atoms with van der Waals surface area (Å²) in [6.45, 7) is 15.5. The van der Waals surface area contributed by atoms with Crippen LogP contribution in [0.25, 0.3) is 0 Å². The summed E-state index contributed by atoms with van der Waals surface area (Å²) in [5, 5.41) is 1.17. The minimum absolute atomic E-state index is 0.0583. The zero-order valence-electron chi connectivity index (χ0n) is 11.6. The molecule has 0 amide bonds. The first kappa shape index (κ1) is 14.3. The third kappa shape index (κ3) is 3.37. The number of hydrogen-bond donors (Lipinski definition) is 0. The van der Waals surface area contributed by atoms with Crippen LogP contribution in [0.4, 0.5) is 0 Å². The summed E-state index contributed by atoms with van der Waals surface area (Å²) < 4.78 is 12.3. The Morgan fingerprint density at radius 3 is 2.31 bits per heavy atom. The molecule has 16 heavy (non-hydrogen) atoms. The van der Waals surface area contributed by atoms with E-state index in [9.17, 15) is 0 Å². The summed E-state index contributed by atoms with van der Waals surface area (Å²) in [6.07, 6.45) is 2.21. The summed E-state index contributed by atoms with van der Waals surface area (Å²) in [7, 11) is -1.58. The van der Waals surface area contributed by atoms with Gasteiger partial charge in [0.2, 0.25) is 0 Å². The molecule has 2 radical (unpaired) electrons. The molecule has 2 nitrogen and oxygen atoms in total. The fourth-order valence-electron chi connectivity index (χ4n) is 1.69. The van der Waals surface area contributed by atoms with Gasteiger partial charge in [0.15, 0.2) is 0 Å². The van der Waals surface area contributed by atoms with Crippen molar-refractivity contribution < 1.29 is 9.16 Å². The number of rotatable bonds is 2. The van der Waals surface area contributed by atoms with Gasteiger partial charge in [0.25, 0.3) is 0 Å². The Morgan fingerprint density at radius 2 is 1.94 bits per heavy atom. The van der Waals surface area contributed by atoms with Crippen molar-refractivity contribution in [2.45, 2.75) is 57.2 Å². The van der Waals surface area contributed by atoms with Crippen molar-refractivity contribution in [3.05, 3.63) is 11.8 Å². The molecule has 0 spiro atoms. The van der Waals surface area contributed by atoms with Gasteiger partial charge in [-0.25, -0.2) is 0 Å². The van der Waals surface area contributed by atoms with Gasteiger partial charge in [0.05, 0.1) is 0 Å². The molecule has 0 aromatic carbocycles. The van der Waals surface area contributed by atoms with Crippen LogP contribution in [0.2, 0.25) is 24.9 Å². The van der Waals surface area contributed by atoms with Gasteiger partial charge >= 0.3 is 107 Å². The molecule has 0 saturated carbocycles. The molecule has 4 heteroatoms. The van der Waals surface area contributed by atoms with E-state index in [0.29, 0.717) is 0 Å². The summed E-state index contributed by atoms with van der Waals surface area (Å²) in [6, 6.07) is 0. The SMILES string of the molecule is CC1=C[CH2][Ge][C](O[Si](C)(C)C)(C(C)(C)C)O1. The number of ether oxygens (including phenoxy) is 1. The first-order chi connectivity index (χ1) is 7.06. The second-order valence-corrected chi connectivity index (χ2v) is 13.8. The van der Waals surface area contributed by atoms with Crippen LogP contribution in [-0.2, 0) is 9.16 Å². The third-order valence-electron chi connectivity index (χ3n) is 2.47. The molecule has 1 rings (SSSR count). The van der Waals surface area contributed by atoms with Gasteiger partial charge in [-0.3, -0.25) is 0 Å². The Morgan fingerprint density at radius 1 is 1.38 bits per heavy atom. The Labute approximate surface area is 107 Å². The molecule has 0 saturated heterocycles. The van der Waals surface area contributed by atoms with Crippen LogP contribution in [-0.4, -0.2) is 28.4 Å². The molecule has 0 fully saturated rings. The molecule has 92 valence electrons. The molecule has 0 bridgehead atoms. The molecule has 1 heterocycles. The zero-order valence-corrected chi connectivity index (χ0v) is 14.7. The number of hydrogen-bond acceptors (Lipinski definition) is 2. The first-order valence-corrected chi connectivity index (χ1v) is 11.8. The van der Waals surface area contributed by atoms with Gasteiger partial charge in [-0.05, 0) is 0 Å². The molecule has 1 aliphatic heterocycles. The summed E-state index contributed by atoms with van der Waals surface area (Å²) in [4.78, 5) is 0. The van der Waals surface area contributed by atoms with Crippen molar-refractivity contribution in [3.8, 4) is 0 Å². The standard InChI is InChI=1S/C12H24GeO2Si/c1-10-8-9-13-12(14-10,11(2,3)4)15-16(5,6)7/h8H,9H2,1-7H3. The summed E-state index contributed by atoms with van der Waals surface area (Å²) in [5.41, 5.74) is 0.0583. The molecule has 0 aliphatic carbocycles. The van der Waals surface area contributed by atoms with Crippen LogP contribution in [0.15, 0.2) is 11.8 Å². The van der Waals surface area contributed by atoms with E-state index in [1.165, 1.54) is 5.25 Å². The van der Waals surface area contributed by atoms with E-state index in [0.717, 1.165) is 5.76 Å². The first-order valence-electron chi connectivity index (χ1n) is 5.87. The van der Waals surface area contributed by atoms with Crippen LogP contribution in [0.1, 0.15) is 27.7 Å². The average molecular weight is 301 g/mol. The Kier molecular flexibility index (Phi) is 4.03. The fourth-order valence-corrected chi connectivity index (χ4v) is 8.34. The quantitative estimate of drug-likeness (QED) is 0.726. The van der Waals surface area contributed by atoms with Gasteiger partial charge in [-0.15, -0.1) is 0 Å². The molecular weight excluding hydrogens is 277 g/mol. The molecule has 0 aromatic rings. The van der Waals surface area contributed by atoms with E-state index in [4.69, 9.17) is 9.16 Å². The van der Waals surface area contributed by atoms with Gasteiger partial charge in [-0.2, -0.15) is 0 Å². The van der Waals surface area contributed by atoms with Gasteiger partial charge in [-0.1, -0.05) is 0 Å². The van der Waals surface area contributed by atoms with Gasteiger partial charge in [0.1, 0.15) is 0 Å². The summed E-state index contributed by atoms with van der Waals surface area (Å²) in [5.74, 6) is 1.03. The van der Waals surface area contributed by atoms with E-state index in [1.807, 2.05) is 6.92 Å². The average Bonchev–Trinajstić information content (AvgIpc) is 1.97. The second-order valence-electron chi connectivity index (χ2n) is 6.38. The topological polar surface area (TPSA) is 18.5 Å². The van der Waals surface area contributed by atoms with Gasteiger partial charge < -0.3 is 0 Å². The summed E-state index contributed by atoms with van der Waals surface area (Å²) >= 11 is -0.252. The van der Waals surface area contributed by atoms with Crippen molar-refractivity contribution >= 4 is 23.7 Å². The monoisotopic (exact) mass is 302 g/mol. The van der Waals surface area contributed by atoms with E-state index < -0.39 is 8.32 Å². The minimum atomic E-state index is -1.58. The van der Waals surface area contributed by atoms with E-state index >= 15 is 0 Å². The normalized spacial score (nSPS) is 27.3. The zero-order chi connectivity index (χ0) is 12.6. The molecule has 0 N–H and O–H groups in total.